The monoisotopic (exact) mass is 338 g/mol. The quantitative estimate of drug-likeness (QED) is 0.728. The molecule has 2 aromatic rings. The van der Waals surface area contributed by atoms with Crippen molar-refractivity contribution in [2.75, 3.05) is 26.8 Å². The maximum Gasteiger partial charge on any atom is 0.234 e. The summed E-state index contributed by atoms with van der Waals surface area (Å²) in [6, 6.07) is 11.4. The maximum absolute atomic E-state index is 12.1. The van der Waals surface area contributed by atoms with Crippen LogP contribution in [0, 0.1) is 0 Å². The molecule has 1 atom stereocenters. The molecule has 1 unspecified atom stereocenters. The van der Waals surface area contributed by atoms with Crippen LogP contribution in [0.3, 0.4) is 0 Å². The molecular weight excluding hydrogens is 320 g/mol. The van der Waals surface area contributed by atoms with Crippen molar-refractivity contribution >= 4 is 28.8 Å². The van der Waals surface area contributed by atoms with Gasteiger partial charge < -0.3 is 15.4 Å². The molecular formula is C16H19ClN2O2S. The third kappa shape index (κ3) is 5.10. The van der Waals surface area contributed by atoms with Crippen molar-refractivity contribution in [3.05, 3.63) is 57.2 Å². The lowest BCUT2D eigenvalue weighted by atomic mass is 10.1. The third-order valence-corrected chi connectivity index (χ3v) is 4.29. The minimum atomic E-state index is -0.158. The molecule has 0 radical (unpaired) electrons. The first-order valence-corrected chi connectivity index (χ1v) is 8.24. The van der Waals surface area contributed by atoms with Gasteiger partial charge in [-0.05, 0) is 29.1 Å². The Morgan fingerprint density at radius 3 is 2.73 bits per heavy atom. The first-order valence-electron chi connectivity index (χ1n) is 6.98. The van der Waals surface area contributed by atoms with E-state index >= 15 is 0 Å². The number of hydrogen-bond acceptors (Lipinski definition) is 4. The zero-order chi connectivity index (χ0) is 15.8. The van der Waals surface area contributed by atoms with Gasteiger partial charge in [0.25, 0.3) is 0 Å². The highest BCUT2D eigenvalue weighted by atomic mass is 35.5. The number of hydrogen-bond donors (Lipinski definition) is 2. The average molecular weight is 339 g/mol. The molecule has 0 fully saturated rings. The van der Waals surface area contributed by atoms with E-state index in [2.05, 4.69) is 10.6 Å². The summed E-state index contributed by atoms with van der Waals surface area (Å²) in [6.07, 6.45) is 0. The van der Waals surface area contributed by atoms with Crippen molar-refractivity contribution in [2.24, 2.45) is 0 Å². The minimum absolute atomic E-state index is 0.0514. The number of methoxy groups -OCH3 is 1. The lowest BCUT2D eigenvalue weighted by molar-refractivity contribution is -0.120. The Bertz CT molecular complexity index is 572. The molecule has 1 aromatic carbocycles. The van der Waals surface area contributed by atoms with Crippen LogP contribution < -0.4 is 10.6 Å². The molecule has 0 aliphatic heterocycles. The second kappa shape index (κ2) is 8.90. The van der Waals surface area contributed by atoms with Crippen LogP contribution in [0.1, 0.15) is 16.5 Å². The van der Waals surface area contributed by atoms with Gasteiger partial charge in [-0.2, -0.15) is 0 Å². The molecule has 1 aromatic heterocycles. The van der Waals surface area contributed by atoms with Crippen molar-refractivity contribution < 1.29 is 9.53 Å². The zero-order valence-electron chi connectivity index (χ0n) is 12.3. The molecule has 1 amide bonds. The van der Waals surface area contributed by atoms with Crippen LogP contribution in [0.5, 0.6) is 0 Å². The third-order valence-electron chi connectivity index (χ3n) is 3.10. The first kappa shape index (κ1) is 17.0. The predicted molar refractivity (Wildman–Crippen MR) is 90.5 cm³/mol. The largest absolute Gasteiger partial charge is 0.383 e. The highest BCUT2D eigenvalue weighted by molar-refractivity contribution is 7.10. The van der Waals surface area contributed by atoms with E-state index in [1.54, 1.807) is 18.4 Å². The molecule has 2 rings (SSSR count). The summed E-state index contributed by atoms with van der Waals surface area (Å²) >= 11 is 7.55. The summed E-state index contributed by atoms with van der Waals surface area (Å²) in [6.45, 7) is 1.49. The molecule has 118 valence electrons. The summed E-state index contributed by atoms with van der Waals surface area (Å²) < 4.78 is 4.94. The predicted octanol–water partition coefficient (Wildman–Crippen LogP) is 2.84. The van der Waals surface area contributed by atoms with Gasteiger partial charge in [0.15, 0.2) is 0 Å². The molecule has 2 N–H and O–H groups in total. The number of ether oxygens (including phenoxy) is 1. The van der Waals surface area contributed by atoms with E-state index in [9.17, 15) is 4.79 Å². The van der Waals surface area contributed by atoms with E-state index < -0.39 is 0 Å². The van der Waals surface area contributed by atoms with E-state index in [0.717, 1.165) is 10.4 Å². The fraction of sp³-hybridized carbons (Fsp3) is 0.312. The molecule has 0 aliphatic carbocycles. The summed E-state index contributed by atoms with van der Waals surface area (Å²) in [4.78, 5) is 13.2. The Balaban J connectivity index is 2.03. The number of nitrogens with one attached hydrogen (secondary N) is 2. The molecule has 4 nitrogen and oxygen atoms in total. The molecule has 0 saturated heterocycles. The van der Waals surface area contributed by atoms with Crippen LogP contribution in [0.25, 0.3) is 0 Å². The topological polar surface area (TPSA) is 50.4 Å². The molecule has 1 heterocycles. The van der Waals surface area contributed by atoms with Crippen molar-refractivity contribution in [2.45, 2.75) is 6.04 Å². The summed E-state index contributed by atoms with van der Waals surface area (Å²) in [7, 11) is 1.63. The Labute approximate surface area is 139 Å². The van der Waals surface area contributed by atoms with Crippen LogP contribution in [0.4, 0.5) is 0 Å². The molecule has 0 saturated carbocycles. The number of benzene rings is 1. The second-order valence-corrected chi connectivity index (χ2v) is 6.15. The van der Waals surface area contributed by atoms with Gasteiger partial charge in [0.1, 0.15) is 0 Å². The molecule has 6 heteroatoms. The molecule has 0 bridgehead atoms. The van der Waals surface area contributed by atoms with Gasteiger partial charge in [-0.25, -0.2) is 0 Å². The number of carbonyl (C=O) groups excluding carboxylic acids is 1. The van der Waals surface area contributed by atoms with Crippen molar-refractivity contribution in [1.29, 1.82) is 0 Å². The smallest absolute Gasteiger partial charge is 0.234 e. The zero-order valence-corrected chi connectivity index (χ0v) is 13.9. The van der Waals surface area contributed by atoms with E-state index in [0.29, 0.717) is 18.2 Å². The highest BCUT2D eigenvalue weighted by Gasteiger charge is 2.17. The van der Waals surface area contributed by atoms with Crippen LogP contribution in [-0.4, -0.2) is 32.7 Å². The van der Waals surface area contributed by atoms with Crippen LogP contribution in [0.2, 0.25) is 5.02 Å². The average Bonchev–Trinajstić information content (AvgIpc) is 3.04. The van der Waals surface area contributed by atoms with Crippen LogP contribution in [-0.2, 0) is 9.53 Å². The van der Waals surface area contributed by atoms with E-state index in [-0.39, 0.29) is 18.5 Å². The van der Waals surface area contributed by atoms with Crippen molar-refractivity contribution in [3.8, 4) is 0 Å². The molecule has 22 heavy (non-hydrogen) atoms. The number of carbonyl (C=O) groups is 1. The summed E-state index contributed by atoms with van der Waals surface area (Å²) in [5, 5.41) is 8.78. The van der Waals surface area contributed by atoms with Crippen molar-refractivity contribution in [1.82, 2.24) is 10.6 Å². The van der Waals surface area contributed by atoms with Gasteiger partial charge in [-0.3, -0.25) is 4.79 Å². The van der Waals surface area contributed by atoms with Gasteiger partial charge >= 0.3 is 0 Å². The van der Waals surface area contributed by atoms with Crippen molar-refractivity contribution in [3.63, 3.8) is 0 Å². The fourth-order valence-electron chi connectivity index (χ4n) is 2.02. The number of thiophene rings is 1. The van der Waals surface area contributed by atoms with Crippen LogP contribution >= 0.6 is 22.9 Å². The van der Waals surface area contributed by atoms with E-state index in [4.69, 9.17) is 16.3 Å². The second-order valence-electron chi connectivity index (χ2n) is 4.74. The highest BCUT2D eigenvalue weighted by Crippen LogP contribution is 2.26. The van der Waals surface area contributed by atoms with Gasteiger partial charge in [0, 0.05) is 23.6 Å². The number of rotatable bonds is 8. The number of halogens is 1. The van der Waals surface area contributed by atoms with E-state index in [1.807, 2.05) is 41.8 Å². The molecule has 0 spiro atoms. The standard InChI is InChI=1S/C16H19ClN2O2S/c1-21-9-8-18-11-15(20)19-16(14-3-2-10-22-14)12-4-6-13(17)7-5-12/h2-7,10,16,18H,8-9,11H2,1H3,(H,19,20). The summed E-state index contributed by atoms with van der Waals surface area (Å²) in [5.74, 6) is -0.0514. The first-order chi connectivity index (χ1) is 10.7. The number of amides is 1. The van der Waals surface area contributed by atoms with Gasteiger partial charge in [-0.15, -0.1) is 11.3 Å². The summed E-state index contributed by atoms with van der Waals surface area (Å²) in [5.41, 5.74) is 1.01. The van der Waals surface area contributed by atoms with E-state index in [1.165, 1.54) is 0 Å². The van der Waals surface area contributed by atoms with Gasteiger partial charge in [-0.1, -0.05) is 29.8 Å². The normalized spacial score (nSPS) is 12.1. The minimum Gasteiger partial charge on any atom is -0.383 e. The maximum atomic E-state index is 12.1. The molecule has 0 aliphatic rings. The fourth-order valence-corrected chi connectivity index (χ4v) is 2.95. The Morgan fingerprint density at radius 1 is 1.32 bits per heavy atom. The lowest BCUT2D eigenvalue weighted by Gasteiger charge is -2.18. The Kier molecular flexibility index (Phi) is 6.86. The Morgan fingerprint density at radius 2 is 2.09 bits per heavy atom. The Hall–Kier alpha value is -1.40. The lowest BCUT2D eigenvalue weighted by Crippen LogP contribution is -2.37. The van der Waals surface area contributed by atoms with Gasteiger partial charge in [0.2, 0.25) is 5.91 Å². The van der Waals surface area contributed by atoms with Crippen LogP contribution in [0.15, 0.2) is 41.8 Å². The SMILES string of the molecule is COCCNCC(=O)NC(c1ccc(Cl)cc1)c1cccs1. The van der Waals surface area contributed by atoms with Gasteiger partial charge in [0.05, 0.1) is 19.2 Å².